The lowest BCUT2D eigenvalue weighted by atomic mass is 9.91. The fraction of sp³-hybridized carbons (Fsp3) is 0.462. The average molecular weight is 217 g/mol. The first kappa shape index (κ1) is 9.70. The zero-order valence-electron chi connectivity index (χ0n) is 9.27. The number of ether oxygens (including phenoxy) is 1. The summed E-state index contributed by atoms with van der Waals surface area (Å²) in [7, 11) is 1.68. The van der Waals surface area contributed by atoms with Crippen molar-refractivity contribution in [3.8, 4) is 5.75 Å². The van der Waals surface area contributed by atoms with Gasteiger partial charge in [0.2, 0.25) is 5.91 Å². The van der Waals surface area contributed by atoms with Gasteiger partial charge in [0, 0.05) is 17.9 Å². The van der Waals surface area contributed by atoms with Crippen LogP contribution in [0.4, 0.5) is 0 Å². The fourth-order valence-corrected chi connectivity index (χ4v) is 2.95. The van der Waals surface area contributed by atoms with Gasteiger partial charge in [-0.15, -0.1) is 0 Å². The highest BCUT2D eigenvalue weighted by Gasteiger charge is 2.45. The number of hydrogen-bond donors (Lipinski definition) is 1. The molecule has 1 aliphatic carbocycles. The number of piperidine rings is 1. The molecule has 2 fully saturated rings. The van der Waals surface area contributed by atoms with Gasteiger partial charge in [-0.1, -0.05) is 12.1 Å². The zero-order chi connectivity index (χ0) is 11.1. The number of rotatable bonds is 2. The Morgan fingerprint density at radius 1 is 1.38 bits per heavy atom. The largest absolute Gasteiger partial charge is 0.497 e. The van der Waals surface area contributed by atoms with Crippen LogP contribution in [0.2, 0.25) is 0 Å². The summed E-state index contributed by atoms with van der Waals surface area (Å²) in [6.45, 7) is 0. The van der Waals surface area contributed by atoms with E-state index in [9.17, 15) is 4.79 Å². The van der Waals surface area contributed by atoms with E-state index in [4.69, 9.17) is 4.74 Å². The van der Waals surface area contributed by atoms with E-state index in [0.29, 0.717) is 12.0 Å². The molecule has 0 unspecified atom stereocenters. The molecule has 1 N–H and O–H groups in total. The minimum atomic E-state index is 0.237. The second kappa shape index (κ2) is 3.51. The number of carbonyl (C=O) groups excluding carboxylic acids is 1. The molecule has 3 nitrogen and oxygen atoms in total. The van der Waals surface area contributed by atoms with Crippen LogP contribution in [0.1, 0.15) is 24.3 Å². The minimum absolute atomic E-state index is 0.237. The first-order chi connectivity index (χ1) is 7.78. The molecule has 1 aromatic rings. The molecule has 2 bridgehead atoms. The van der Waals surface area contributed by atoms with Crippen molar-refractivity contribution in [3.63, 3.8) is 0 Å². The summed E-state index contributed by atoms with van der Waals surface area (Å²) in [6, 6.07) is 8.51. The van der Waals surface area contributed by atoms with E-state index < -0.39 is 0 Å². The van der Waals surface area contributed by atoms with Gasteiger partial charge in [-0.05, 0) is 30.5 Å². The van der Waals surface area contributed by atoms with E-state index in [1.165, 1.54) is 5.56 Å². The molecular weight excluding hydrogens is 202 g/mol. The molecule has 0 radical (unpaired) electrons. The summed E-state index contributed by atoms with van der Waals surface area (Å²) < 4.78 is 5.23. The van der Waals surface area contributed by atoms with Crippen LogP contribution in [-0.4, -0.2) is 19.1 Å². The lowest BCUT2D eigenvalue weighted by Crippen LogP contribution is -2.35. The van der Waals surface area contributed by atoms with Gasteiger partial charge >= 0.3 is 0 Å². The summed E-state index contributed by atoms with van der Waals surface area (Å²) in [5, 5.41) is 3.06. The van der Waals surface area contributed by atoms with Crippen LogP contribution in [0.25, 0.3) is 0 Å². The van der Waals surface area contributed by atoms with Gasteiger partial charge in [0.1, 0.15) is 5.75 Å². The van der Waals surface area contributed by atoms with Crippen molar-refractivity contribution < 1.29 is 9.53 Å². The van der Waals surface area contributed by atoms with Crippen molar-refractivity contribution >= 4 is 5.91 Å². The SMILES string of the molecule is COc1cccc([C@@H]2C[C@@H]3C[C@H]2NC3=O)c1. The number of methoxy groups -OCH3 is 1. The van der Waals surface area contributed by atoms with E-state index >= 15 is 0 Å². The molecule has 16 heavy (non-hydrogen) atoms. The van der Waals surface area contributed by atoms with Crippen LogP contribution in [0, 0.1) is 5.92 Å². The fourth-order valence-electron chi connectivity index (χ4n) is 2.95. The Bertz CT molecular complexity index is 430. The molecule has 0 aromatic heterocycles. The molecule has 1 aromatic carbocycles. The van der Waals surface area contributed by atoms with Gasteiger partial charge < -0.3 is 10.1 Å². The topological polar surface area (TPSA) is 38.3 Å². The second-order valence-electron chi connectivity index (χ2n) is 4.67. The highest BCUT2D eigenvalue weighted by atomic mass is 16.5. The molecule has 84 valence electrons. The number of benzene rings is 1. The molecule has 3 heteroatoms. The lowest BCUT2D eigenvalue weighted by molar-refractivity contribution is -0.123. The second-order valence-corrected chi connectivity index (χ2v) is 4.67. The van der Waals surface area contributed by atoms with E-state index in [1.54, 1.807) is 7.11 Å². The molecule has 1 heterocycles. The zero-order valence-corrected chi connectivity index (χ0v) is 9.27. The van der Waals surface area contributed by atoms with Crippen molar-refractivity contribution in [2.75, 3.05) is 7.11 Å². The Morgan fingerprint density at radius 2 is 2.25 bits per heavy atom. The normalized spacial score (nSPS) is 31.6. The third-order valence-corrected chi connectivity index (χ3v) is 3.78. The van der Waals surface area contributed by atoms with Gasteiger partial charge in [-0.2, -0.15) is 0 Å². The van der Waals surface area contributed by atoms with Crippen molar-refractivity contribution in [3.05, 3.63) is 29.8 Å². The molecular formula is C13H15NO2. The van der Waals surface area contributed by atoms with E-state index in [1.807, 2.05) is 12.1 Å². The van der Waals surface area contributed by atoms with Crippen LogP contribution >= 0.6 is 0 Å². The van der Waals surface area contributed by atoms with Crippen LogP contribution in [0.15, 0.2) is 24.3 Å². The standard InChI is InChI=1S/C13H15NO2/c1-16-10-4-2-3-8(5-10)11-6-9-7-12(11)14-13(9)15/h2-5,9,11-12H,6-7H2,1H3,(H,14,15)/t9-,11+,12-/m1/s1. The number of fused-ring (bicyclic) bond motifs is 2. The first-order valence-electron chi connectivity index (χ1n) is 5.72. The summed E-state index contributed by atoms with van der Waals surface area (Å²) in [5.74, 6) is 1.84. The average Bonchev–Trinajstić information content (AvgIpc) is 2.88. The molecule has 0 spiro atoms. The predicted octanol–water partition coefficient (Wildman–Crippen LogP) is 1.69. The summed E-state index contributed by atoms with van der Waals surface area (Å²) in [6.07, 6.45) is 1.99. The smallest absolute Gasteiger partial charge is 0.223 e. The summed E-state index contributed by atoms with van der Waals surface area (Å²) >= 11 is 0. The van der Waals surface area contributed by atoms with Crippen molar-refractivity contribution in [2.45, 2.75) is 24.8 Å². The molecule has 3 rings (SSSR count). The third-order valence-electron chi connectivity index (χ3n) is 3.78. The molecule has 1 saturated heterocycles. The summed E-state index contributed by atoms with van der Waals surface area (Å²) in [5.41, 5.74) is 1.28. The molecule has 2 aliphatic rings. The monoisotopic (exact) mass is 217 g/mol. The van der Waals surface area contributed by atoms with Gasteiger partial charge in [0.15, 0.2) is 0 Å². The molecule has 1 aliphatic heterocycles. The maximum Gasteiger partial charge on any atom is 0.223 e. The maximum absolute atomic E-state index is 11.4. The number of hydrogen-bond acceptors (Lipinski definition) is 2. The predicted molar refractivity (Wildman–Crippen MR) is 60.4 cm³/mol. The highest BCUT2D eigenvalue weighted by Crippen LogP contribution is 2.43. The molecule has 1 saturated carbocycles. The lowest BCUT2D eigenvalue weighted by Gasteiger charge is -2.23. The Balaban J connectivity index is 1.86. The number of amides is 1. The highest BCUT2D eigenvalue weighted by molar-refractivity contribution is 5.83. The first-order valence-corrected chi connectivity index (χ1v) is 5.72. The Labute approximate surface area is 94.8 Å². The number of nitrogens with one attached hydrogen (secondary N) is 1. The van der Waals surface area contributed by atoms with Crippen molar-refractivity contribution in [1.29, 1.82) is 0 Å². The van der Waals surface area contributed by atoms with Gasteiger partial charge in [0.25, 0.3) is 0 Å². The van der Waals surface area contributed by atoms with E-state index in [0.717, 1.165) is 18.6 Å². The quantitative estimate of drug-likeness (QED) is 0.818. The Hall–Kier alpha value is -1.51. The van der Waals surface area contributed by atoms with E-state index in [2.05, 4.69) is 17.4 Å². The van der Waals surface area contributed by atoms with Crippen LogP contribution in [0.3, 0.4) is 0 Å². The van der Waals surface area contributed by atoms with Gasteiger partial charge in [0.05, 0.1) is 7.11 Å². The minimum Gasteiger partial charge on any atom is -0.497 e. The van der Waals surface area contributed by atoms with Gasteiger partial charge in [-0.3, -0.25) is 4.79 Å². The molecule has 3 atom stereocenters. The van der Waals surface area contributed by atoms with Gasteiger partial charge in [-0.25, -0.2) is 0 Å². The summed E-state index contributed by atoms with van der Waals surface area (Å²) in [4.78, 5) is 11.4. The van der Waals surface area contributed by atoms with Crippen LogP contribution in [0.5, 0.6) is 5.75 Å². The van der Waals surface area contributed by atoms with E-state index in [-0.39, 0.29) is 11.8 Å². The van der Waals surface area contributed by atoms with Crippen LogP contribution in [-0.2, 0) is 4.79 Å². The van der Waals surface area contributed by atoms with Crippen molar-refractivity contribution in [1.82, 2.24) is 5.32 Å². The van der Waals surface area contributed by atoms with Crippen molar-refractivity contribution in [2.24, 2.45) is 5.92 Å². The number of carbonyl (C=O) groups is 1. The Morgan fingerprint density at radius 3 is 2.88 bits per heavy atom. The molecule has 1 amide bonds. The Kier molecular flexibility index (Phi) is 2.13. The maximum atomic E-state index is 11.4. The van der Waals surface area contributed by atoms with Crippen LogP contribution < -0.4 is 10.1 Å². The third kappa shape index (κ3) is 1.39.